The monoisotopic (exact) mass is 486 g/mol. The lowest BCUT2D eigenvalue weighted by atomic mass is 9.59. The number of nitrogens with zero attached hydrogens (tertiary/aromatic N) is 2. The molecule has 180 valence electrons. The zero-order valence-electron chi connectivity index (χ0n) is 18.7. The van der Waals surface area contributed by atoms with E-state index in [0.717, 1.165) is 22.0 Å². The van der Waals surface area contributed by atoms with E-state index in [1.54, 1.807) is 0 Å². The summed E-state index contributed by atoms with van der Waals surface area (Å²) < 4.78 is 9.99. The molecule has 0 N–H and O–H groups in total. The highest BCUT2D eigenvalue weighted by molar-refractivity contribution is 6.32. The Kier molecular flexibility index (Phi) is 5.36. The van der Waals surface area contributed by atoms with Gasteiger partial charge in [-0.1, -0.05) is 13.2 Å². The van der Waals surface area contributed by atoms with Gasteiger partial charge in [0.25, 0.3) is 0 Å². The van der Waals surface area contributed by atoms with Gasteiger partial charge in [-0.2, -0.15) is 0 Å². The summed E-state index contributed by atoms with van der Waals surface area (Å²) >= 11 is 0. The molecule has 36 heavy (non-hydrogen) atoms. The highest BCUT2D eigenvalue weighted by Gasteiger charge is 2.73. The second kappa shape index (κ2) is 8.42. The second-order valence-corrected chi connectivity index (χ2v) is 8.37. The van der Waals surface area contributed by atoms with Gasteiger partial charge in [0, 0.05) is 12.2 Å². The molecule has 0 radical (unpaired) electrons. The molecule has 1 aliphatic carbocycles. The Morgan fingerprint density at radius 3 is 1.11 bits per heavy atom. The molecule has 0 bridgehead atoms. The van der Waals surface area contributed by atoms with Crippen LogP contribution in [-0.2, 0) is 28.8 Å². The van der Waals surface area contributed by atoms with Crippen LogP contribution in [0.4, 0.5) is 11.4 Å². The van der Waals surface area contributed by atoms with Crippen LogP contribution < -0.4 is 19.3 Å². The van der Waals surface area contributed by atoms with Crippen molar-refractivity contribution < 1.29 is 38.2 Å². The van der Waals surface area contributed by atoms with Gasteiger partial charge in [-0.05, 0) is 48.5 Å². The maximum atomic E-state index is 13.2. The van der Waals surface area contributed by atoms with Crippen molar-refractivity contribution in [3.63, 3.8) is 0 Å². The SMILES string of the molecule is C=CC(=O)Oc1ccc(N2C(=O)C3C(C2=O)C2C(=O)N(c4ccc(OC(=O)C=C)cc4)C(=O)C32)cc1. The van der Waals surface area contributed by atoms with Gasteiger partial charge in [0.2, 0.25) is 23.6 Å². The van der Waals surface area contributed by atoms with Crippen LogP contribution in [0.25, 0.3) is 0 Å². The minimum Gasteiger partial charge on any atom is -0.423 e. The maximum Gasteiger partial charge on any atom is 0.335 e. The second-order valence-electron chi connectivity index (χ2n) is 8.37. The maximum absolute atomic E-state index is 13.2. The lowest BCUT2D eigenvalue weighted by Gasteiger charge is -2.36. The Bertz CT molecular complexity index is 1210. The molecule has 1 saturated carbocycles. The fourth-order valence-electron chi connectivity index (χ4n) is 4.94. The van der Waals surface area contributed by atoms with E-state index in [1.807, 2.05) is 0 Å². The minimum absolute atomic E-state index is 0.203. The lowest BCUT2D eigenvalue weighted by Crippen LogP contribution is -2.50. The van der Waals surface area contributed by atoms with Crippen LogP contribution in [-0.4, -0.2) is 35.6 Å². The van der Waals surface area contributed by atoms with E-state index in [4.69, 9.17) is 9.47 Å². The molecule has 2 saturated heterocycles. The van der Waals surface area contributed by atoms with Gasteiger partial charge in [0.1, 0.15) is 11.5 Å². The van der Waals surface area contributed by atoms with Crippen LogP contribution in [0.1, 0.15) is 0 Å². The van der Waals surface area contributed by atoms with Crippen molar-refractivity contribution in [1.82, 2.24) is 0 Å². The average Bonchev–Trinajstić information content (AvgIpc) is 3.18. The molecule has 5 rings (SSSR count). The predicted octanol–water partition coefficient (Wildman–Crippen LogP) is 1.79. The molecule has 2 heterocycles. The molecule has 0 aromatic heterocycles. The molecule has 2 aromatic carbocycles. The number of anilines is 2. The van der Waals surface area contributed by atoms with E-state index >= 15 is 0 Å². The number of imide groups is 2. The van der Waals surface area contributed by atoms with Crippen LogP contribution >= 0.6 is 0 Å². The molecule has 10 heteroatoms. The fourth-order valence-corrected chi connectivity index (χ4v) is 4.94. The lowest BCUT2D eigenvalue weighted by molar-refractivity contribution is -0.146. The molecule has 3 aliphatic rings. The Morgan fingerprint density at radius 2 is 0.861 bits per heavy atom. The first kappa shape index (κ1) is 22.9. The molecule has 0 unspecified atom stereocenters. The van der Waals surface area contributed by atoms with Crippen molar-refractivity contribution in [3.8, 4) is 11.5 Å². The number of carbonyl (C=O) groups is 6. The zero-order chi connectivity index (χ0) is 25.7. The van der Waals surface area contributed by atoms with Crippen molar-refractivity contribution in [2.45, 2.75) is 0 Å². The number of benzene rings is 2. The summed E-state index contributed by atoms with van der Waals surface area (Å²) in [5.41, 5.74) is 0.495. The van der Waals surface area contributed by atoms with Crippen LogP contribution in [0.15, 0.2) is 73.8 Å². The van der Waals surface area contributed by atoms with Crippen LogP contribution in [0.5, 0.6) is 11.5 Å². The van der Waals surface area contributed by atoms with Crippen molar-refractivity contribution in [2.75, 3.05) is 9.80 Å². The standard InChI is InChI=1S/C26H18N2O8/c1-3-17(29)35-15-9-5-13(6-10-15)27-23(31)19-20(24(27)32)22-21(19)25(33)28(26(22)34)14-7-11-16(12-8-14)36-18(30)4-2/h3-12,19-22H,1-2H2. The number of amides is 4. The molecule has 4 amide bonds. The number of hydrogen-bond acceptors (Lipinski definition) is 8. The number of carbonyl (C=O) groups excluding carboxylic acids is 6. The van der Waals surface area contributed by atoms with Gasteiger partial charge >= 0.3 is 11.9 Å². The first-order valence-corrected chi connectivity index (χ1v) is 10.9. The summed E-state index contributed by atoms with van der Waals surface area (Å²) in [6.07, 6.45) is 2.00. The molecule has 10 nitrogen and oxygen atoms in total. The van der Waals surface area contributed by atoms with Gasteiger partial charge < -0.3 is 9.47 Å². The Morgan fingerprint density at radius 1 is 0.583 bits per heavy atom. The highest BCUT2D eigenvalue weighted by atomic mass is 16.5. The third kappa shape index (κ3) is 3.34. The summed E-state index contributed by atoms with van der Waals surface area (Å²) in [5, 5.41) is 0. The van der Waals surface area contributed by atoms with Gasteiger partial charge in [-0.15, -0.1) is 0 Å². The van der Waals surface area contributed by atoms with Crippen molar-refractivity contribution in [2.24, 2.45) is 23.7 Å². The molecule has 2 aromatic rings. The van der Waals surface area contributed by atoms with E-state index in [1.165, 1.54) is 48.5 Å². The molecule has 0 atom stereocenters. The molecule has 3 fully saturated rings. The minimum atomic E-state index is -0.935. The number of hydrogen-bond donors (Lipinski definition) is 0. The fraction of sp³-hybridized carbons (Fsp3) is 0.154. The van der Waals surface area contributed by atoms with E-state index < -0.39 is 59.2 Å². The first-order chi connectivity index (χ1) is 17.3. The van der Waals surface area contributed by atoms with E-state index in [-0.39, 0.29) is 22.9 Å². The third-order valence-electron chi connectivity index (χ3n) is 6.53. The first-order valence-electron chi connectivity index (χ1n) is 10.9. The Balaban J connectivity index is 1.35. The van der Waals surface area contributed by atoms with Gasteiger partial charge in [-0.3, -0.25) is 29.0 Å². The number of ether oxygens (including phenoxy) is 2. The predicted molar refractivity (Wildman–Crippen MR) is 123 cm³/mol. The Labute approximate surface area is 204 Å². The zero-order valence-corrected chi connectivity index (χ0v) is 18.7. The molecular formula is C26H18N2O8. The third-order valence-corrected chi connectivity index (χ3v) is 6.53. The van der Waals surface area contributed by atoms with Crippen LogP contribution in [0.2, 0.25) is 0 Å². The largest absolute Gasteiger partial charge is 0.423 e. The highest BCUT2D eigenvalue weighted by Crippen LogP contribution is 2.57. The van der Waals surface area contributed by atoms with Gasteiger partial charge in [0.05, 0.1) is 35.0 Å². The van der Waals surface area contributed by atoms with Crippen molar-refractivity contribution in [1.29, 1.82) is 0 Å². The van der Waals surface area contributed by atoms with Crippen LogP contribution in [0, 0.1) is 23.7 Å². The smallest absolute Gasteiger partial charge is 0.335 e. The van der Waals surface area contributed by atoms with Crippen molar-refractivity contribution in [3.05, 3.63) is 73.8 Å². The van der Waals surface area contributed by atoms with Crippen molar-refractivity contribution >= 4 is 46.9 Å². The van der Waals surface area contributed by atoms with Crippen LogP contribution in [0.3, 0.4) is 0 Å². The topological polar surface area (TPSA) is 127 Å². The Hall–Kier alpha value is -4.86. The molecule has 2 aliphatic heterocycles. The summed E-state index contributed by atoms with van der Waals surface area (Å²) in [4.78, 5) is 77.3. The van der Waals surface area contributed by atoms with E-state index in [2.05, 4.69) is 13.2 Å². The van der Waals surface area contributed by atoms with E-state index in [0.29, 0.717) is 0 Å². The summed E-state index contributed by atoms with van der Waals surface area (Å²) in [6, 6.07) is 11.5. The molecular weight excluding hydrogens is 468 g/mol. The number of rotatable bonds is 6. The molecule has 0 spiro atoms. The summed E-state index contributed by atoms with van der Waals surface area (Å²) in [7, 11) is 0. The number of esters is 2. The normalized spacial score (nSPS) is 24.1. The van der Waals surface area contributed by atoms with Gasteiger partial charge in [0.15, 0.2) is 0 Å². The summed E-state index contributed by atoms with van der Waals surface area (Å²) in [6.45, 7) is 6.62. The quantitative estimate of drug-likeness (QED) is 0.262. The van der Waals surface area contributed by atoms with E-state index in [9.17, 15) is 28.8 Å². The van der Waals surface area contributed by atoms with Gasteiger partial charge in [-0.25, -0.2) is 9.59 Å². The number of fused-ring (bicyclic) bond motifs is 4. The average molecular weight is 486 g/mol. The summed E-state index contributed by atoms with van der Waals surface area (Å²) in [5.74, 6) is -6.88.